The van der Waals surface area contributed by atoms with Crippen LogP contribution < -0.4 is 9.47 Å². The van der Waals surface area contributed by atoms with Crippen LogP contribution in [0.15, 0.2) is 53.0 Å². The summed E-state index contributed by atoms with van der Waals surface area (Å²) >= 11 is 15.4. The molecule has 0 aliphatic heterocycles. The molecule has 128 valence electrons. The van der Waals surface area contributed by atoms with E-state index in [1.54, 1.807) is 19.2 Å². The molecule has 0 fully saturated rings. The average molecular weight is 440 g/mol. The van der Waals surface area contributed by atoms with E-state index in [9.17, 15) is 4.79 Å². The summed E-state index contributed by atoms with van der Waals surface area (Å²) in [5, 5.41) is 2.70. The average Bonchev–Trinajstić information content (AvgIpc) is 2.57. The van der Waals surface area contributed by atoms with E-state index in [0.29, 0.717) is 10.8 Å². The normalized spacial score (nSPS) is 10.7. The Morgan fingerprint density at radius 2 is 1.80 bits per heavy atom. The van der Waals surface area contributed by atoms with Crippen LogP contribution in [0.5, 0.6) is 11.5 Å². The van der Waals surface area contributed by atoms with Gasteiger partial charge in [0.2, 0.25) is 0 Å². The van der Waals surface area contributed by atoms with Gasteiger partial charge in [-0.05, 0) is 47.2 Å². The number of benzene rings is 3. The van der Waals surface area contributed by atoms with Crippen LogP contribution in [-0.2, 0) is 11.2 Å². The summed E-state index contributed by atoms with van der Waals surface area (Å²) in [6.07, 6.45) is 0.0566. The molecule has 3 aromatic carbocycles. The van der Waals surface area contributed by atoms with Crippen molar-refractivity contribution in [3.8, 4) is 11.5 Å². The monoisotopic (exact) mass is 438 g/mol. The Hall–Kier alpha value is -1.75. The molecule has 0 saturated carbocycles. The molecule has 0 unspecified atom stereocenters. The molecule has 0 heterocycles. The number of carbonyl (C=O) groups is 1. The van der Waals surface area contributed by atoms with Crippen LogP contribution in [0.25, 0.3) is 10.8 Å². The summed E-state index contributed by atoms with van der Waals surface area (Å²) in [4.78, 5) is 12.4. The quantitative estimate of drug-likeness (QED) is 0.365. The standard InChI is InChI=1S/C19H13BrCl2O3/c1-24-17-6-2-11-8-12(20)3-5-14(11)15(17)10-19(23)25-18-7-4-13(21)9-16(18)22/h2-9H,10H2,1H3. The Bertz CT molecular complexity index is 957. The van der Waals surface area contributed by atoms with Crippen molar-refractivity contribution >= 4 is 55.9 Å². The Labute approximate surface area is 163 Å². The first kappa shape index (κ1) is 18.1. The van der Waals surface area contributed by atoms with E-state index in [1.165, 1.54) is 6.07 Å². The molecule has 0 aliphatic carbocycles. The molecule has 0 bridgehead atoms. The lowest BCUT2D eigenvalue weighted by molar-refractivity contribution is -0.133. The summed E-state index contributed by atoms with van der Waals surface area (Å²) in [6.45, 7) is 0. The van der Waals surface area contributed by atoms with E-state index in [2.05, 4.69) is 15.9 Å². The lowest BCUT2D eigenvalue weighted by atomic mass is 10.0. The number of halogens is 3. The molecule has 0 aliphatic rings. The van der Waals surface area contributed by atoms with Gasteiger partial charge in [0, 0.05) is 15.1 Å². The van der Waals surface area contributed by atoms with Gasteiger partial charge < -0.3 is 9.47 Å². The molecule has 0 saturated heterocycles. The summed E-state index contributed by atoms with van der Waals surface area (Å²) in [7, 11) is 1.57. The van der Waals surface area contributed by atoms with Crippen molar-refractivity contribution in [2.24, 2.45) is 0 Å². The van der Waals surface area contributed by atoms with Gasteiger partial charge in [0.15, 0.2) is 0 Å². The topological polar surface area (TPSA) is 35.5 Å². The number of rotatable bonds is 4. The maximum absolute atomic E-state index is 12.4. The first-order valence-corrected chi connectivity index (χ1v) is 8.93. The van der Waals surface area contributed by atoms with Crippen LogP contribution in [0.2, 0.25) is 10.0 Å². The van der Waals surface area contributed by atoms with E-state index in [0.717, 1.165) is 20.8 Å². The van der Waals surface area contributed by atoms with Gasteiger partial charge in [-0.3, -0.25) is 4.79 Å². The number of esters is 1. The SMILES string of the molecule is COc1ccc2cc(Br)ccc2c1CC(=O)Oc1ccc(Cl)cc1Cl. The minimum absolute atomic E-state index is 0.0566. The molecule has 0 radical (unpaired) electrons. The number of ether oxygens (including phenoxy) is 2. The predicted molar refractivity (Wildman–Crippen MR) is 104 cm³/mol. The number of carbonyl (C=O) groups excluding carboxylic acids is 1. The van der Waals surface area contributed by atoms with E-state index in [1.807, 2.05) is 30.3 Å². The molecule has 3 aromatic rings. The Balaban J connectivity index is 1.92. The predicted octanol–water partition coefficient (Wildman–Crippen LogP) is 6.07. The van der Waals surface area contributed by atoms with E-state index in [4.69, 9.17) is 32.7 Å². The van der Waals surface area contributed by atoms with Crippen LogP contribution in [-0.4, -0.2) is 13.1 Å². The van der Waals surface area contributed by atoms with Crippen molar-refractivity contribution in [3.63, 3.8) is 0 Å². The first-order valence-electron chi connectivity index (χ1n) is 7.39. The lowest BCUT2D eigenvalue weighted by Crippen LogP contribution is -2.12. The van der Waals surface area contributed by atoms with Gasteiger partial charge in [-0.25, -0.2) is 0 Å². The highest BCUT2D eigenvalue weighted by molar-refractivity contribution is 9.10. The number of hydrogen-bond donors (Lipinski definition) is 0. The molecule has 0 N–H and O–H groups in total. The Morgan fingerprint density at radius 3 is 2.52 bits per heavy atom. The van der Waals surface area contributed by atoms with Crippen molar-refractivity contribution < 1.29 is 14.3 Å². The van der Waals surface area contributed by atoms with Crippen LogP contribution in [0, 0.1) is 0 Å². The number of methoxy groups -OCH3 is 1. The third-order valence-electron chi connectivity index (χ3n) is 3.71. The molecule has 3 rings (SSSR count). The second-order valence-electron chi connectivity index (χ2n) is 5.34. The zero-order chi connectivity index (χ0) is 18.0. The molecule has 0 spiro atoms. The molecule has 0 amide bonds. The summed E-state index contributed by atoms with van der Waals surface area (Å²) in [6, 6.07) is 14.4. The molecule has 0 atom stereocenters. The zero-order valence-electron chi connectivity index (χ0n) is 13.2. The molecule has 25 heavy (non-hydrogen) atoms. The van der Waals surface area contributed by atoms with Gasteiger partial charge >= 0.3 is 5.97 Å². The minimum atomic E-state index is -0.432. The molecule has 3 nitrogen and oxygen atoms in total. The Kier molecular flexibility index (Phi) is 5.52. The largest absolute Gasteiger partial charge is 0.496 e. The fourth-order valence-electron chi connectivity index (χ4n) is 2.58. The van der Waals surface area contributed by atoms with Crippen LogP contribution >= 0.6 is 39.1 Å². The molecule has 6 heteroatoms. The number of fused-ring (bicyclic) bond motifs is 1. The zero-order valence-corrected chi connectivity index (χ0v) is 16.3. The highest BCUT2D eigenvalue weighted by Gasteiger charge is 2.16. The summed E-state index contributed by atoms with van der Waals surface area (Å²) in [5.74, 6) is 0.477. The minimum Gasteiger partial charge on any atom is -0.496 e. The maximum atomic E-state index is 12.4. The van der Waals surface area contributed by atoms with Crippen LogP contribution in [0.1, 0.15) is 5.56 Å². The van der Waals surface area contributed by atoms with Crippen molar-refractivity contribution in [1.82, 2.24) is 0 Å². The second-order valence-corrected chi connectivity index (χ2v) is 7.10. The van der Waals surface area contributed by atoms with Gasteiger partial charge in [-0.15, -0.1) is 0 Å². The van der Waals surface area contributed by atoms with Gasteiger partial charge in [0.1, 0.15) is 11.5 Å². The van der Waals surface area contributed by atoms with Crippen molar-refractivity contribution in [2.45, 2.75) is 6.42 Å². The highest BCUT2D eigenvalue weighted by atomic mass is 79.9. The van der Waals surface area contributed by atoms with E-state index in [-0.39, 0.29) is 17.2 Å². The van der Waals surface area contributed by atoms with E-state index >= 15 is 0 Å². The second kappa shape index (κ2) is 7.65. The summed E-state index contributed by atoms with van der Waals surface area (Å²) < 4.78 is 11.8. The third kappa shape index (κ3) is 4.09. The van der Waals surface area contributed by atoms with Crippen molar-refractivity contribution in [1.29, 1.82) is 0 Å². The number of hydrogen-bond acceptors (Lipinski definition) is 3. The highest BCUT2D eigenvalue weighted by Crippen LogP contribution is 2.32. The smallest absolute Gasteiger partial charge is 0.315 e. The van der Waals surface area contributed by atoms with E-state index < -0.39 is 5.97 Å². The first-order chi connectivity index (χ1) is 12.0. The van der Waals surface area contributed by atoms with Gasteiger partial charge in [0.05, 0.1) is 18.6 Å². The van der Waals surface area contributed by atoms with Gasteiger partial charge in [-0.2, -0.15) is 0 Å². The van der Waals surface area contributed by atoms with Crippen LogP contribution in [0.3, 0.4) is 0 Å². The molecular weight excluding hydrogens is 427 g/mol. The van der Waals surface area contributed by atoms with Crippen molar-refractivity contribution in [3.05, 3.63) is 68.6 Å². The lowest BCUT2D eigenvalue weighted by Gasteiger charge is -2.13. The fraction of sp³-hybridized carbons (Fsp3) is 0.105. The Morgan fingerprint density at radius 1 is 1.04 bits per heavy atom. The van der Waals surface area contributed by atoms with Gasteiger partial charge in [-0.1, -0.05) is 51.3 Å². The fourth-order valence-corrected chi connectivity index (χ4v) is 3.41. The summed E-state index contributed by atoms with van der Waals surface area (Å²) in [5.41, 5.74) is 0.766. The van der Waals surface area contributed by atoms with Crippen LogP contribution in [0.4, 0.5) is 0 Å². The van der Waals surface area contributed by atoms with Crippen molar-refractivity contribution in [2.75, 3.05) is 7.11 Å². The molecular formula is C19H13BrCl2O3. The third-order valence-corrected chi connectivity index (χ3v) is 4.73. The van der Waals surface area contributed by atoms with Gasteiger partial charge in [0.25, 0.3) is 0 Å². The maximum Gasteiger partial charge on any atom is 0.315 e. The molecule has 0 aromatic heterocycles.